The molecule has 0 atom stereocenters. The molecule has 1 aromatic heterocycles. The molecule has 2 aromatic carbocycles. The Bertz CT molecular complexity index is 915. The highest BCUT2D eigenvalue weighted by Crippen LogP contribution is 2.21. The molecule has 0 radical (unpaired) electrons. The van der Waals surface area contributed by atoms with Crippen LogP contribution in [-0.2, 0) is 6.42 Å². The van der Waals surface area contributed by atoms with E-state index in [0.717, 1.165) is 24.1 Å². The van der Waals surface area contributed by atoms with Crippen molar-refractivity contribution in [3.05, 3.63) is 82.6 Å². The van der Waals surface area contributed by atoms with Gasteiger partial charge in [0.2, 0.25) is 5.95 Å². The zero-order valence-corrected chi connectivity index (χ0v) is 15.8. The fourth-order valence-electron chi connectivity index (χ4n) is 2.66. The van der Waals surface area contributed by atoms with Gasteiger partial charge < -0.3 is 10.6 Å². The van der Waals surface area contributed by atoms with Gasteiger partial charge >= 0.3 is 0 Å². The Balaban J connectivity index is 1.55. The van der Waals surface area contributed by atoms with Gasteiger partial charge in [-0.05, 0) is 55.2 Å². The van der Waals surface area contributed by atoms with Crippen LogP contribution in [0.1, 0.15) is 28.0 Å². The first kappa shape index (κ1) is 18.9. The molecule has 0 saturated heterocycles. The number of anilines is 2. The van der Waals surface area contributed by atoms with E-state index in [9.17, 15) is 4.79 Å². The number of carbonyl (C=O) groups is 1. The fraction of sp³-hybridized carbons (Fsp3) is 0.190. The Labute approximate surface area is 163 Å². The second-order valence-corrected chi connectivity index (χ2v) is 6.63. The minimum atomic E-state index is -0.207. The molecule has 3 aromatic rings. The number of aryl methyl sites for hydroxylation is 2. The number of halogens is 1. The highest BCUT2D eigenvalue weighted by Gasteiger charge is 2.09. The summed E-state index contributed by atoms with van der Waals surface area (Å²) in [7, 11) is 0. The van der Waals surface area contributed by atoms with E-state index in [1.54, 1.807) is 18.3 Å². The van der Waals surface area contributed by atoms with E-state index in [1.807, 2.05) is 37.3 Å². The molecule has 138 valence electrons. The number of benzene rings is 2. The highest BCUT2D eigenvalue weighted by atomic mass is 35.5. The van der Waals surface area contributed by atoms with Gasteiger partial charge in [0.25, 0.3) is 5.91 Å². The summed E-state index contributed by atoms with van der Waals surface area (Å²) in [6.45, 7) is 2.54. The van der Waals surface area contributed by atoms with Crippen molar-refractivity contribution >= 4 is 29.1 Å². The van der Waals surface area contributed by atoms with E-state index in [4.69, 9.17) is 11.6 Å². The number of hydrogen-bond donors (Lipinski definition) is 2. The van der Waals surface area contributed by atoms with E-state index in [1.165, 1.54) is 5.56 Å². The number of carbonyl (C=O) groups excluding carboxylic acids is 1. The lowest BCUT2D eigenvalue weighted by Crippen LogP contribution is -2.26. The molecule has 27 heavy (non-hydrogen) atoms. The lowest BCUT2D eigenvalue weighted by molar-refractivity contribution is 0.0948. The van der Waals surface area contributed by atoms with Gasteiger partial charge in [-0.1, -0.05) is 41.9 Å². The lowest BCUT2D eigenvalue weighted by atomic mass is 10.1. The molecule has 0 saturated carbocycles. The van der Waals surface area contributed by atoms with Crippen molar-refractivity contribution in [2.45, 2.75) is 19.8 Å². The molecular formula is C21H21ClN4O. The van der Waals surface area contributed by atoms with Gasteiger partial charge in [-0.15, -0.1) is 0 Å². The van der Waals surface area contributed by atoms with Crippen molar-refractivity contribution in [3.63, 3.8) is 0 Å². The molecule has 2 N–H and O–H groups in total. The van der Waals surface area contributed by atoms with E-state index in [0.29, 0.717) is 23.2 Å². The summed E-state index contributed by atoms with van der Waals surface area (Å²) in [6, 6.07) is 17.3. The van der Waals surface area contributed by atoms with Crippen LogP contribution >= 0.6 is 11.6 Å². The Morgan fingerprint density at radius 3 is 2.70 bits per heavy atom. The van der Waals surface area contributed by atoms with Crippen LogP contribution < -0.4 is 10.6 Å². The molecule has 3 rings (SSSR count). The molecule has 1 heterocycles. The molecule has 6 heteroatoms. The Hall–Kier alpha value is -2.92. The minimum absolute atomic E-state index is 0.207. The van der Waals surface area contributed by atoms with Crippen LogP contribution in [0.2, 0.25) is 5.02 Å². The van der Waals surface area contributed by atoms with Crippen molar-refractivity contribution in [1.29, 1.82) is 0 Å². The van der Waals surface area contributed by atoms with Crippen LogP contribution in [0.5, 0.6) is 0 Å². The Morgan fingerprint density at radius 2 is 1.93 bits per heavy atom. The van der Waals surface area contributed by atoms with Crippen LogP contribution in [0.15, 0.2) is 60.8 Å². The fourth-order valence-corrected chi connectivity index (χ4v) is 2.89. The number of amides is 1. The molecule has 0 unspecified atom stereocenters. The minimum Gasteiger partial charge on any atom is -0.351 e. The number of rotatable bonds is 7. The normalized spacial score (nSPS) is 10.4. The lowest BCUT2D eigenvalue weighted by Gasteiger charge is -2.09. The summed E-state index contributed by atoms with van der Waals surface area (Å²) < 4.78 is 0. The predicted octanol–water partition coefficient (Wildman–Crippen LogP) is 4.54. The summed E-state index contributed by atoms with van der Waals surface area (Å²) >= 11 is 5.97. The third-order valence-corrected chi connectivity index (χ3v) is 4.33. The summed E-state index contributed by atoms with van der Waals surface area (Å²) in [5, 5.41) is 6.70. The maximum absolute atomic E-state index is 12.3. The van der Waals surface area contributed by atoms with Crippen LogP contribution in [-0.4, -0.2) is 22.4 Å². The summed E-state index contributed by atoms with van der Waals surface area (Å²) in [6.07, 6.45) is 3.36. The van der Waals surface area contributed by atoms with Crippen molar-refractivity contribution in [3.8, 4) is 0 Å². The molecule has 0 aliphatic carbocycles. The maximum atomic E-state index is 12.3. The maximum Gasteiger partial charge on any atom is 0.270 e. The first-order valence-corrected chi connectivity index (χ1v) is 9.18. The summed E-state index contributed by atoms with van der Waals surface area (Å²) in [5.74, 6) is 0.165. The Kier molecular flexibility index (Phi) is 6.39. The van der Waals surface area contributed by atoms with Gasteiger partial charge in [0, 0.05) is 23.5 Å². The van der Waals surface area contributed by atoms with Gasteiger partial charge in [-0.2, -0.15) is 0 Å². The van der Waals surface area contributed by atoms with Gasteiger partial charge in [-0.25, -0.2) is 9.97 Å². The van der Waals surface area contributed by atoms with Crippen LogP contribution in [0.25, 0.3) is 0 Å². The molecule has 1 amide bonds. The topological polar surface area (TPSA) is 66.9 Å². The SMILES string of the molecule is Cc1cc(Cl)ccc1Nc1nccc(C(=O)NCCCc2ccccc2)n1. The van der Waals surface area contributed by atoms with Crippen molar-refractivity contribution in [1.82, 2.24) is 15.3 Å². The van der Waals surface area contributed by atoms with Gasteiger partial charge in [0.15, 0.2) is 0 Å². The first-order valence-electron chi connectivity index (χ1n) is 8.80. The molecule has 0 spiro atoms. The monoisotopic (exact) mass is 380 g/mol. The van der Waals surface area contributed by atoms with Gasteiger partial charge in [0.05, 0.1) is 0 Å². The molecule has 0 fully saturated rings. The number of aromatic nitrogens is 2. The second kappa shape index (κ2) is 9.14. The van der Waals surface area contributed by atoms with E-state index < -0.39 is 0 Å². The Morgan fingerprint density at radius 1 is 1.11 bits per heavy atom. The third-order valence-electron chi connectivity index (χ3n) is 4.09. The zero-order valence-electron chi connectivity index (χ0n) is 15.1. The molecule has 5 nitrogen and oxygen atoms in total. The smallest absolute Gasteiger partial charge is 0.270 e. The van der Waals surface area contributed by atoms with Gasteiger partial charge in [0.1, 0.15) is 5.69 Å². The van der Waals surface area contributed by atoms with Crippen LogP contribution in [0, 0.1) is 6.92 Å². The molecular weight excluding hydrogens is 360 g/mol. The van der Waals surface area contributed by atoms with Gasteiger partial charge in [-0.3, -0.25) is 4.79 Å². The summed E-state index contributed by atoms with van der Waals surface area (Å²) in [5.41, 5.74) is 3.42. The molecule has 0 bridgehead atoms. The molecule has 0 aliphatic heterocycles. The van der Waals surface area contributed by atoms with Crippen molar-refractivity contribution in [2.75, 3.05) is 11.9 Å². The predicted molar refractivity (Wildman–Crippen MR) is 109 cm³/mol. The summed E-state index contributed by atoms with van der Waals surface area (Å²) in [4.78, 5) is 20.8. The largest absolute Gasteiger partial charge is 0.351 e. The van der Waals surface area contributed by atoms with Crippen LogP contribution in [0.3, 0.4) is 0 Å². The number of hydrogen-bond acceptors (Lipinski definition) is 4. The van der Waals surface area contributed by atoms with E-state index >= 15 is 0 Å². The van der Waals surface area contributed by atoms with E-state index in [-0.39, 0.29) is 5.91 Å². The first-order chi connectivity index (χ1) is 13.1. The van der Waals surface area contributed by atoms with Crippen molar-refractivity contribution in [2.24, 2.45) is 0 Å². The second-order valence-electron chi connectivity index (χ2n) is 6.19. The quantitative estimate of drug-likeness (QED) is 0.590. The highest BCUT2D eigenvalue weighted by molar-refractivity contribution is 6.30. The van der Waals surface area contributed by atoms with Crippen LogP contribution in [0.4, 0.5) is 11.6 Å². The third kappa shape index (κ3) is 5.53. The number of nitrogens with zero attached hydrogens (tertiary/aromatic N) is 2. The average Bonchev–Trinajstić information content (AvgIpc) is 2.68. The van der Waals surface area contributed by atoms with Crippen molar-refractivity contribution < 1.29 is 4.79 Å². The van der Waals surface area contributed by atoms with E-state index in [2.05, 4.69) is 32.7 Å². The average molecular weight is 381 g/mol. The number of nitrogens with one attached hydrogen (secondary N) is 2. The zero-order chi connectivity index (χ0) is 19.1. The molecule has 0 aliphatic rings. The standard InChI is InChI=1S/C21H21ClN4O/c1-15-14-17(22)9-10-18(15)25-21-24-13-11-19(26-21)20(27)23-12-5-8-16-6-3-2-4-7-16/h2-4,6-7,9-11,13-14H,5,8,12H2,1H3,(H,23,27)(H,24,25,26).